The number of carboxylic acids is 1. The van der Waals surface area contributed by atoms with E-state index in [0.29, 0.717) is 11.3 Å². The zero-order valence-electron chi connectivity index (χ0n) is 25.9. The van der Waals surface area contributed by atoms with Gasteiger partial charge in [-0.05, 0) is 30.0 Å². The van der Waals surface area contributed by atoms with Crippen LogP contribution in [0.2, 0.25) is 0 Å². The van der Waals surface area contributed by atoms with Crippen LogP contribution in [0.25, 0.3) is 0 Å². The van der Waals surface area contributed by atoms with E-state index in [9.17, 15) is 44.1 Å². The number of nitrogens with two attached hydrogens (primary N) is 1. The molecular formula is C29H42N8O10. The quantitative estimate of drug-likeness (QED) is 0.0695. The summed E-state index contributed by atoms with van der Waals surface area (Å²) in [5, 5.41) is 49.8. The minimum Gasteiger partial charge on any atom is -0.508 e. The van der Waals surface area contributed by atoms with Crippen molar-refractivity contribution in [1.29, 1.82) is 0 Å². The van der Waals surface area contributed by atoms with Crippen molar-refractivity contribution in [1.82, 2.24) is 36.6 Å². The van der Waals surface area contributed by atoms with Crippen molar-refractivity contribution in [2.45, 2.75) is 63.3 Å². The first-order chi connectivity index (χ1) is 22.2. The number of imidazole rings is 1. The molecule has 0 bridgehead atoms. The monoisotopic (exact) mass is 662 g/mol. The van der Waals surface area contributed by atoms with Gasteiger partial charge in [-0.1, -0.05) is 26.0 Å². The Morgan fingerprint density at radius 1 is 0.809 bits per heavy atom. The van der Waals surface area contributed by atoms with Gasteiger partial charge in [-0.25, -0.2) is 9.78 Å². The number of carbonyl (C=O) groups is 6. The van der Waals surface area contributed by atoms with Crippen molar-refractivity contribution in [2.75, 3.05) is 19.8 Å². The molecule has 0 aliphatic rings. The van der Waals surface area contributed by atoms with Crippen molar-refractivity contribution < 1.29 is 49.2 Å². The maximum atomic E-state index is 13.0. The molecule has 1 aromatic heterocycles. The minimum atomic E-state index is -1.55. The van der Waals surface area contributed by atoms with E-state index in [-0.39, 0.29) is 30.9 Å². The zero-order chi connectivity index (χ0) is 35.1. The number of aliphatic hydroxyl groups excluding tert-OH is 2. The van der Waals surface area contributed by atoms with E-state index >= 15 is 0 Å². The van der Waals surface area contributed by atoms with Crippen LogP contribution in [-0.4, -0.2) is 116 Å². The maximum Gasteiger partial charge on any atom is 0.326 e. The number of H-pyrrole nitrogens is 1. The molecule has 18 nitrogen and oxygen atoms in total. The number of rotatable bonds is 19. The van der Waals surface area contributed by atoms with E-state index < -0.39 is 85.5 Å². The van der Waals surface area contributed by atoms with Gasteiger partial charge >= 0.3 is 5.97 Å². The molecule has 0 saturated carbocycles. The summed E-state index contributed by atoms with van der Waals surface area (Å²) in [5.74, 6) is -5.68. The minimum absolute atomic E-state index is 0.00780. The van der Waals surface area contributed by atoms with Gasteiger partial charge in [0.15, 0.2) is 0 Å². The van der Waals surface area contributed by atoms with E-state index in [2.05, 4.69) is 36.6 Å². The lowest BCUT2D eigenvalue weighted by atomic mass is 10.0. The molecule has 0 aliphatic heterocycles. The van der Waals surface area contributed by atoms with Gasteiger partial charge in [0.1, 0.15) is 36.0 Å². The van der Waals surface area contributed by atoms with Crippen molar-refractivity contribution in [3.8, 4) is 5.75 Å². The molecule has 258 valence electrons. The van der Waals surface area contributed by atoms with E-state index in [1.165, 1.54) is 36.8 Å². The van der Waals surface area contributed by atoms with Crippen LogP contribution in [0.5, 0.6) is 5.75 Å². The molecule has 5 atom stereocenters. The first-order valence-corrected chi connectivity index (χ1v) is 14.7. The second-order valence-electron chi connectivity index (χ2n) is 11.1. The van der Waals surface area contributed by atoms with Gasteiger partial charge in [0.05, 0.1) is 26.1 Å². The lowest BCUT2D eigenvalue weighted by Gasteiger charge is -2.24. The average molecular weight is 663 g/mol. The summed E-state index contributed by atoms with van der Waals surface area (Å²) < 4.78 is 0. The summed E-state index contributed by atoms with van der Waals surface area (Å²) in [6.45, 7) is 1.34. The normalized spacial score (nSPS) is 14.2. The summed E-state index contributed by atoms with van der Waals surface area (Å²) in [6, 6.07) is -0.871. The van der Waals surface area contributed by atoms with Crippen molar-refractivity contribution in [2.24, 2.45) is 11.7 Å². The van der Waals surface area contributed by atoms with Gasteiger partial charge in [-0.15, -0.1) is 0 Å². The number of carbonyl (C=O) groups excluding carboxylic acids is 5. The van der Waals surface area contributed by atoms with Crippen LogP contribution >= 0.6 is 0 Å². The summed E-state index contributed by atoms with van der Waals surface area (Å²) in [7, 11) is 0. The molecule has 47 heavy (non-hydrogen) atoms. The number of benzene rings is 1. The molecule has 0 unspecified atom stereocenters. The van der Waals surface area contributed by atoms with Gasteiger partial charge in [0.25, 0.3) is 0 Å². The fraction of sp³-hybridized carbons (Fsp3) is 0.483. The van der Waals surface area contributed by atoms with Crippen molar-refractivity contribution in [3.63, 3.8) is 0 Å². The average Bonchev–Trinajstić information content (AvgIpc) is 3.54. The van der Waals surface area contributed by atoms with Crippen molar-refractivity contribution in [3.05, 3.63) is 48.0 Å². The summed E-state index contributed by atoms with van der Waals surface area (Å²) in [6.07, 6.45) is 2.69. The lowest BCUT2D eigenvalue weighted by molar-refractivity contribution is -0.142. The molecule has 0 fully saturated rings. The summed E-state index contributed by atoms with van der Waals surface area (Å²) in [5.41, 5.74) is 6.50. The molecule has 2 aromatic rings. The van der Waals surface area contributed by atoms with Gasteiger partial charge in [0.2, 0.25) is 29.5 Å². The Bertz CT molecular complexity index is 1350. The van der Waals surface area contributed by atoms with Gasteiger partial charge in [0, 0.05) is 24.7 Å². The number of aromatic amines is 1. The van der Waals surface area contributed by atoms with Gasteiger partial charge in [-0.3, -0.25) is 24.0 Å². The molecule has 1 aromatic carbocycles. The van der Waals surface area contributed by atoms with E-state index in [1.54, 1.807) is 13.8 Å². The van der Waals surface area contributed by atoms with Crippen LogP contribution in [0.15, 0.2) is 36.8 Å². The van der Waals surface area contributed by atoms with Crippen molar-refractivity contribution >= 4 is 35.5 Å². The van der Waals surface area contributed by atoms with E-state index in [0.717, 1.165) is 0 Å². The van der Waals surface area contributed by atoms with Crippen LogP contribution in [0.3, 0.4) is 0 Å². The lowest BCUT2D eigenvalue weighted by Crippen LogP contribution is -2.58. The topological polar surface area (TPSA) is 298 Å². The smallest absolute Gasteiger partial charge is 0.326 e. The molecule has 12 N–H and O–H groups in total. The predicted molar refractivity (Wildman–Crippen MR) is 164 cm³/mol. The SMILES string of the molecule is CC(C)C[C@H](NC(=O)CNC(=O)[C@H](CO)NC(=O)[C@H](Cc1cnc[nH]1)NC(=O)[C@@H](N)CO)C(=O)N[C@@H](Cc1ccc(O)cc1)C(=O)O. The van der Waals surface area contributed by atoms with Gasteiger partial charge < -0.3 is 57.7 Å². The molecule has 0 spiro atoms. The van der Waals surface area contributed by atoms with Crippen LogP contribution in [-0.2, 0) is 41.6 Å². The number of aromatic hydroxyl groups is 1. The molecular weight excluding hydrogens is 620 g/mol. The van der Waals surface area contributed by atoms with E-state index in [4.69, 9.17) is 10.8 Å². The fourth-order valence-electron chi connectivity index (χ4n) is 4.23. The number of aliphatic hydroxyl groups is 2. The fourth-order valence-corrected chi connectivity index (χ4v) is 4.23. The second-order valence-corrected chi connectivity index (χ2v) is 11.1. The Kier molecular flexibility index (Phi) is 15.2. The molecule has 1 heterocycles. The zero-order valence-corrected chi connectivity index (χ0v) is 25.9. The van der Waals surface area contributed by atoms with Crippen LogP contribution < -0.4 is 32.3 Å². The number of aliphatic carboxylic acids is 1. The first-order valence-electron chi connectivity index (χ1n) is 14.7. The Morgan fingerprint density at radius 3 is 1.98 bits per heavy atom. The summed E-state index contributed by atoms with van der Waals surface area (Å²) in [4.78, 5) is 82.2. The first kappa shape index (κ1) is 38.1. The predicted octanol–water partition coefficient (Wildman–Crippen LogP) is -3.60. The number of carboxylic acid groups (broad SMARTS) is 1. The highest BCUT2D eigenvalue weighted by atomic mass is 16.4. The number of aromatic nitrogens is 2. The molecule has 0 aliphatic carbocycles. The van der Waals surface area contributed by atoms with Crippen LogP contribution in [0.1, 0.15) is 31.5 Å². The number of phenolic OH excluding ortho intramolecular Hbond substituents is 1. The number of amides is 5. The van der Waals surface area contributed by atoms with E-state index in [1.807, 2.05) is 0 Å². The molecule has 0 radical (unpaired) electrons. The highest BCUT2D eigenvalue weighted by Gasteiger charge is 2.30. The Hall–Kier alpha value is -5.07. The third-order valence-corrected chi connectivity index (χ3v) is 6.73. The summed E-state index contributed by atoms with van der Waals surface area (Å²) >= 11 is 0. The standard InChI is InChI=1S/C29H42N8O10/c1-15(2)7-20(27(44)36-22(29(46)47)8-16-3-5-18(40)6-4-16)34-24(41)11-32-26(43)23(13-39)37-28(45)21(9-17-10-31-14-33-17)35-25(42)19(30)12-38/h3-6,10,14-15,19-23,38-40H,7-9,11-13,30H2,1-2H3,(H,31,33)(H,32,43)(H,34,41)(H,35,42)(H,36,44)(H,37,45)(H,46,47)/t19-,20-,21-,22-,23-/m0/s1. The molecule has 5 amide bonds. The molecule has 0 saturated heterocycles. The van der Waals surface area contributed by atoms with Crippen LogP contribution in [0.4, 0.5) is 0 Å². The maximum absolute atomic E-state index is 13.0. The number of phenols is 1. The Morgan fingerprint density at radius 2 is 1.43 bits per heavy atom. The largest absolute Gasteiger partial charge is 0.508 e. The third-order valence-electron chi connectivity index (χ3n) is 6.73. The third kappa shape index (κ3) is 13.1. The molecule has 18 heteroatoms. The number of hydrogen-bond donors (Lipinski definition) is 11. The second kappa shape index (κ2) is 18.8. The number of hydrogen-bond acceptors (Lipinski definition) is 11. The highest BCUT2D eigenvalue weighted by Crippen LogP contribution is 2.12. The van der Waals surface area contributed by atoms with Crippen LogP contribution in [0, 0.1) is 5.92 Å². The Balaban J connectivity index is 2.01. The highest BCUT2D eigenvalue weighted by molar-refractivity contribution is 5.95. The number of nitrogens with zero attached hydrogens (tertiary/aromatic N) is 1. The molecule has 2 rings (SSSR count). The van der Waals surface area contributed by atoms with Gasteiger partial charge in [-0.2, -0.15) is 0 Å². The number of nitrogens with one attached hydrogen (secondary N) is 6. The Labute approximate surface area is 269 Å².